The molecule has 2 rings (SSSR count). The van der Waals surface area contributed by atoms with Crippen LogP contribution in [0.4, 0.5) is 5.69 Å². The van der Waals surface area contributed by atoms with Crippen molar-refractivity contribution in [2.24, 2.45) is 5.14 Å². The largest absolute Gasteiger partial charge is 0.325 e. The van der Waals surface area contributed by atoms with Gasteiger partial charge in [-0.05, 0) is 53.2 Å². The third-order valence-electron chi connectivity index (χ3n) is 2.94. The molecule has 0 aliphatic heterocycles. The summed E-state index contributed by atoms with van der Waals surface area (Å²) in [5, 5.41) is 7.43. The lowest BCUT2D eigenvalue weighted by molar-refractivity contribution is -0.115. The van der Waals surface area contributed by atoms with Crippen molar-refractivity contribution in [3.05, 3.63) is 53.0 Å². The second-order valence-corrected chi connectivity index (χ2v) is 8.55. The molecule has 1 amide bonds. The lowest BCUT2D eigenvalue weighted by Crippen LogP contribution is -2.22. The van der Waals surface area contributed by atoms with Crippen LogP contribution in [-0.4, -0.2) is 19.6 Å². The number of primary sulfonamides is 1. The normalized spacial score (nSPS) is 12.7. The van der Waals surface area contributed by atoms with Gasteiger partial charge in [-0.2, -0.15) is 0 Å². The van der Waals surface area contributed by atoms with Crippen LogP contribution in [0, 0.1) is 0 Å². The maximum atomic E-state index is 12.3. The number of nitrogens with two attached hydrogens (primary N) is 1. The van der Waals surface area contributed by atoms with Crippen molar-refractivity contribution >= 4 is 49.3 Å². The Hall–Kier alpha value is -1.35. The molecule has 122 valence electrons. The Morgan fingerprint density at radius 2 is 1.91 bits per heavy atom. The summed E-state index contributed by atoms with van der Waals surface area (Å²) in [5.74, 6) is -0.225. The van der Waals surface area contributed by atoms with Crippen LogP contribution in [0.2, 0.25) is 0 Å². The highest BCUT2D eigenvalue weighted by molar-refractivity contribution is 9.10. The minimum absolute atomic E-state index is 0.0404. The van der Waals surface area contributed by atoms with E-state index in [1.165, 1.54) is 30.0 Å². The van der Waals surface area contributed by atoms with Crippen LogP contribution >= 0.6 is 27.7 Å². The first-order chi connectivity index (χ1) is 10.8. The standard InChI is InChI=1S/C15H15BrN2O3S2/c1-10(22-14-8-3-2-7-13(14)16)15(19)18-11-5-4-6-12(9-11)23(17,20)21/h2-10H,1H3,(H,18,19)(H2,17,20,21). The average molecular weight is 415 g/mol. The molecule has 3 N–H and O–H groups in total. The smallest absolute Gasteiger partial charge is 0.238 e. The Morgan fingerprint density at radius 1 is 1.22 bits per heavy atom. The van der Waals surface area contributed by atoms with Crippen molar-refractivity contribution in [2.75, 3.05) is 5.32 Å². The summed E-state index contributed by atoms with van der Waals surface area (Å²) in [4.78, 5) is 13.2. The van der Waals surface area contributed by atoms with E-state index >= 15 is 0 Å². The maximum absolute atomic E-state index is 12.3. The lowest BCUT2D eigenvalue weighted by atomic mass is 10.3. The van der Waals surface area contributed by atoms with Gasteiger partial charge in [-0.25, -0.2) is 13.6 Å². The highest BCUT2D eigenvalue weighted by atomic mass is 79.9. The predicted octanol–water partition coefficient (Wildman–Crippen LogP) is 3.22. The zero-order valence-electron chi connectivity index (χ0n) is 12.2. The zero-order valence-corrected chi connectivity index (χ0v) is 15.4. The van der Waals surface area contributed by atoms with Crippen LogP contribution < -0.4 is 10.5 Å². The Balaban J connectivity index is 2.08. The number of halogens is 1. The molecule has 0 heterocycles. The van der Waals surface area contributed by atoms with Crippen molar-refractivity contribution in [1.82, 2.24) is 0 Å². The fraction of sp³-hybridized carbons (Fsp3) is 0.133. The van der Waals surface area contributed by atoms with Gasteiger partial charge in [0.15, 0.2) is 0 Å². The molecule has 0 saturated heterocycles. The van der Waals surface area contributed by atoms with Crippen molar-refractivity contribution < 1.29 is 13.2 Å². The van der Waals surface area contributed by atoms with E-state index < -0.39 is 10.0 Å². The number of anilines is 1. The first-order valence-electron chi connectivity index (χ1n) is 6.62. The molecule has 0 fully saturated rings. The van der Waals surface area contributed by atoms with E-state index in [1.54, 1.807) is 13.0 Å². The van der Waals surface area contributed by atoms with Gasteiger partial charge in [0.05, 0.1) is 10.1 Å². The summed E-state index contributed by atoms with van der Waals surface area (Å²) >= 11 is 4.84. The van der Waals surface area contributed by atoms with Crippen LogP contribution in [0.25, 0.3) is 0 Å². The van der Waals surface area contributed by atoms with E-state index in [-0.39, 0.29) is 16.1 Å². The van der Waals surface area contributed by atoms with Gasteiger partial charge < -0.3 is 5.32 Å². The van der Waals surface area contributed by atoms with Crippen LogP contribution in [0.1, 0.15) is 6.92 Å². The molecule has 0 bridgehead atoms. The third kappa shape index (κ3) is 5.07. The topological polar surface area (TPSA) is 89.3 Å². The molecule has 1 atom stereocenters. The van der Waals surface area contributed by atoms with E-state index in [2.05, 4.69) is 21.2 Å². The summed E-state index contributed by atoms with van der Waals surface area (Å²) in [7, 11) is -3.80. The zero-order chi connectivity index (χ0) is 17.0. The van der Waals surface area contributed by atoms with Gasteiger partial charge in [-0.15, -0.1) is 11.8 Å². The van der Waals surface area contributed by atoms with Crippen LogP contribution in [0.15, 0.2) is 62.8 Å². The minimum Gasteiger partial charge on any atom is -0.325 e. The summed E-state index contributed by atoms with van der Waals surface area (Å²) in [6.07, 6.45) is 0. The van der Waals surface area contributed by atoms with Crippen molar-refractivity contribution in [3.63, 3.8) is 0 Å². The maximum Gasteiger partial charge on any atom is 0.238 e. The molecule has 2 aromatic carbocycles. The molecule has 1 unspecified atom stereocenters. The number of nitrogens with one attached hydrogen (secondary N) is 1. The summed E-state index contributed by atoms with van der Waals surface area (Å²) in [6, 6.07) is 13.5. The molecule has 8 heteroatoms. The van der Waals surface area contributed by atoms with Gasteiger partial charge in [0.2, 0.25) is 15.9 Å². The fourth-order valence-corrected chi connectivity index (χ4v) is 3.79. The lowest BCUT2D eigenvalue weighted by Gasteiger charge is -2.13. The Morgan fingerprint density at radius 3 is 2.57 bits per heavy atom. The van der Waals surface area contributed by atoms with Gasteiger partial charge in [0.1, 0.15) is 0 Å². The Bertz CT molecular complexity index is 825. The predicted molar refractivity (Wildman–Crippen MR) is 95.9 cm³/mol. The van der Waals surface area contributed by atoms with Crippen LogP contribution in [0.5, 0.6) is 0 Å². The van der Waals surface area contributed by atoms with Gasteiger partial charge in [-0.1, -0.05) is 18.2 Å². The number of carbonyl (C=O) groups excluding carboxylic acids is 1. The van der Waals surface area contributed by atoms with Gasteiger partial charge in [-0.3, -0.25) is 4.79 Å². The fourth-order valence-electron chi connectivity index (χ4n) is 1.78. The first kappa shape index (κ1) is 18.0. The molecule has 0 aromatic heterocycles. The summed E-state index contributed by atoms with van der Waals surface area (Å²) < 4.78 is 23.6. The van der Waals surface area contributed by atoms with Crippen molar-refractivity contribution in [1.29, 1.82) is 0 Å². The number of benzene rings is 2. The average Bonchev–Trinajstić information content (AvgIpc) is 2.49. The molecular weight excluding hydrogens is 400 g/mol. The molecular formula is C15H15BrN2O3S2. The minimum atomic E-state index is -3.80. The number of thioether (sulfide) groups is 1. The summed E-state index contributed by atoms with van der Waals surface area (Å²) in [6.45, 7) is 1.78. The second-order valence-electron chi connectivity index (χ2n) is 4.75. The molecule has 23 heavy (non-hydrogen) atoms. The number of rotatable bonds is 5. The van der Waals surface area contributed by atoms with E-state index in [4.69, 9.17) is 5.14 Å². The second kappa shape index (κ2) is 7.48. The van der Waals surface area contributed by atoms with Crippen LogP contribution in [0.3, 0.4) is 0 Å². The quantitative estimate of drug-likeness (QED) is 0.734. The van der Waals surface area contributed by atoms with E-state index in [9.17, 15) is 13.2 Å². The molecule has 2 aromatic rings. The van der Waals surface area contributed by atoms with Gasteiger partial charge in [0.25, 0.3) is 0 Å². The van der Waals surface area contributed by atoms with Crippen LogP contribution in [-0.2, 0) is 14.8 Å². The Kier molecular flexibility index (Phi) is 5.85. The van der Waals surface area contributed by atoms with E-state index in [0.29, 0.717) is 5.69 Å². The molecule has 0 aliphatic carbocycles. The van der Waals surface area contributed by atoms with E-state index in [0.717, 1.165) is 9.37 Å². The number of hydrogen-bond donors (Lipinski definition) is 2. The third-order valence-corrected chi connectivity index (χ3v) is 5.98. The molecule has 0 spiro atoms. The SMILES string of the molecule is CC(Sc1ccccc1Br)C(=O)Nc1cccc(S(N)(=O)=O)c1. The highest BCUT2D eigenvalue weighted by Gasteiger charge is 2.16. The van der Waals surface area contributed by atoms with Gasteiger partial charge >= 0.3 is 0 Å². The van der Waals surface area contributed by atoms with Gasteiger partial charge in [0, 0.05) is 15.1 Å². The number of hydrogen-bond acceptors (Lipinski definition) is 4. The summed E-state index contributed by atoms with van der Waals surface area (Å²) in [5.41, 5.74) is 0.390. The number of sulfonamides is 1. The van der Waals surface area contributed by atoms with E-state index in [1.807, 2.05) is 24.3 Å². The number of amides is 1. The molecule has 0 aliphatic rings. The highest BCUT2D eigenvalue weighted by Crippen LogP contribution is 2.30. The number of carbonyl (C=O) groups is 1. The monoisotopic (exact) mass is 414 g/mol. The molecule has 5 nitrogen and oxygen atoms in total. The van der Waals surface area contributed by atoms with Crippen molar-refractivity contribution in [3.8, 4) is 0 Å². The molecule has 0 saturated carbocycles. The van der Waals surface area contributed by atoms with Crippen molar-refractivity contribution in [2.45, 2.75) is 22.0 Å². The Labute approximate surface area is 147 Å². The molecule has 0 radical (unpaired) electrons. The first-order valence-corrected chi connectivity index (χ1v) is 9.84.